The van der Waals surface area contributed by atoms with Gasteiger partial charge in [-0.2, -0.15) is 0 Å². The first kappa shape index (κ1) is 8.68. The van der Waals surface area contributed by atoms with Gasteiger partial charge in [0.15, 0.2) is 0 Å². The van der Waals surface area contributed by atoms with Crippen molar-refractivity contribution in [2.45, 2.75) is 19.1 Å². The molecule has 0 bridgehead atoms. The van der Waals surface area contributed by atoms with Crippen LogP contribution in [-0.4, -0.2) is 20.8 Å². The molecule has 0 saturated heterocycles. The van der Waals surface area contributed by atoms with E-state index in [4.69, 9.17) is 0 Å². The molecule has 0 unspecified atom stereocenters. The molecule has 1 N–H and O–H groups in total. The Bertz CT molecular complexity index is 502. The molecular weight excluding hydrogens is 188 g/mol. The molecular formula is C12H12N2O. The molecule has 2 aromatic rings. The zero-order valence-corrected chi connectivity index (χ0v) is 8.46. The maximum Gasteiger partial charge on any atom is 0.0957 e. The van der Waals surface area contributed by atoms with E-state index >= 15 is 0 Å². The van der Waals surface area contributed by atoms with Gasteiger partial charge >= 0.3 is 0 Å². The summed E-state index contributed by atoms with van der Waals surface area (Å²) in [6.07, 6.45) is 3.23. The highest BCUT2D eigenvalue weighted by atomic mass is 16.3. The minimum Gasteiger partial charge on any atom is -0.391 e. The molecule has 1 aliphatic rings. The lowest BCUT2D eigenvalue weighted by Crippen LogP contribution is -2.18. The first-order valence-corrected chi connectivity index (χ1v) is 5.08. The van der Waals surface area contributed by atoms with Gasteiger partial charge in [0.05, 0.1) is 30.4 Å². The van der Waals surface area contributed by atoms with E-state index in [0.717, 1.165) is 5.69 Å². The molecule has 3 rings (SSSR count). The second-order valence-corrected chi connectivity index (χ2v) is 3.96. The van der Waals surface area contributed by atoms with Crippen LogP contribution in [0.2, 0.25) is 0 Å². The average Bonchev–Trinajstić information content (AvgIpc) is 2.75. The zero-order valence-electron chi connectivity index (χ0n) is 8.46. The number of fused-ring (bicyclic) bond motifs is 3. The Morgan fingerprint density at radius 2 is 2.20 bits per heavy atom. The molecule has 0 aliphatic carbocycles. The minimum absolute atomic E-state index is 0.0127. The molecule has 3 nitrogen and oxygen atoms in total. The van der Waals surface area contributed by atoms with E-state index < -0.39 is 6.10 Å². The molecule has 76 valence electrons. The quantitative estimate of drug-likeness (QED) is 0.762. The molecule has 1 aliphatic heterocycles. The number of nitrogens with zero attached hydrogens (tertiary/aromatic N) is 2. The summed E-state index contributed by atoms with van der Waals surface area (Å²) in [7, 11) is 0. The van der Waals surface area contributed by atoms with Crippen molar-refractivity contribution >= 4 is 0 Å². The molecule has 15 heavy (non-hydrogen) atoms. The third-order valence-electron chi connectivity index (χ3n) is 2.98. The highest BCUT2D eigenvalue weighted by molar-refractivity contribution is 5.69. The molecule has 0 radical (unpaired) electrons. The lowest BCUT2D eigenvalue weighted by atomic mass is 10.0. The molecule has 3 heteroatoms. The number of aliphatic hydroxyl groups is 1. The van der Waals surface area contributed by atoms with E-state index in [9.17, 15) is 5.11 Å². The zero-order chi connectivity index (χ0) is 10.4. The molecule has 0 fully saturated rings. The molecule has 2 atom stereocenters. The van der Waals surface area contributed by atoms with Crippen molar-refractivity contribution in [2.75, 3.05) is 0 Å². The van der Waals surface area contributed by atoms with Gasteiger partial charge in [0.2, 0.25) is 0 Å². The third kappa shape index (κ3) is 1.07. The number of rotatable bonds is 1. The van der Waals surface area contributed by atoms with Crippen LogP contribution in [0, 0.1) is 0 Å². The van der Waals surface area contributed by atoms with Crippen LogP contribution in [-0.2, 0) is 0 Å². The molecule has 1 aromatic heterocycles. The lowest BCUT2D eigenvalue weighted by Gasteiger charge is -2.17. The Kier molecular flexibility index (Phi) is 1.70. The molecule has 0 saturated carbocycles. The first-order chi connectivity index (χ1) is 7.29. The number of hydrogen-bond acceptors (Lipinski definition) is 2. The summed E-state index contributed by atoms with van der Waals surface area (Å²) in [5.41, 5.74) is 3.46. The Hall–Kier alpha value is -1.61. The maximum absolute atomic E-state index is 9.82. The Morgan fingerprint density at radius 1 is 1.40 bits per heavy atom. The number of aliphatic hydroxyl groups excluding tert-OH is 1. The number of hydrogen-bond donors (Lipinski definition) is 1. The van der Waals surface area contributed by atoms with Crippen LogP contribution in [0.25, 0.3) is 11.3 Å². The van der Waals surface area contributed by atoms with E-state index in [2.05, 4.69) is 17.1 Å². The predicted octanol–water partition coefficient (Wildman–Crippen LogP) is 1.83. The Balaban J connectivity index is 2.28. The van der Waals surface area contributed by atoms with Gasteiger partial charge in [-0.3, -0.25) is 0 Å². The van der Waals surface area contributed by atoms with Gasteiger partial charge in [0, 0.05) is 5.56 Å². The molecule has 2 heterocycles. The van der Waals surface area contributed by atoms with Crippen LogP contribution in [0.1, 0.15) is 18.5 Å². The van der Waals surface area contributed by atoms with E-state index in [1.807, 2.05) is 29.8 Å². The van der Waals surface area contributed by atoms with Crippen molar-refractivity contribution < 1.29 is 5.11 Å². The molecule has 1 aromatic carbocycles. The second-order valence-electron chi connectivity index (χ2n) is 3.96. The van der Waals surface area contributed by atoms with Crippen LogP contribution in [0.4, 0.5) is 0 Å². The molecule has 0 amide bonds. The van der Waals surface area contributed by atoms with Gasteiger partial charge in [-0.25, -0.2) is 4.98 Å². The fraction of sp³-hybridized carbons (Fsp3) is 0.250. The predicted molar refractivity (Wildman–Crippen MR) is 57.5 cm³/mol. The van der Waals surface area contributed by atoms with Gasteiger partial charge in [0.1, 0.15) is 0 Å². The van der Waals surface area contributed by atoms with Gasteiger partial charge in [-0.05, 0) is 12.5 Å². The highest BCUT2D eigenvalue weighted by Crippen LogP contribution is 2.40. The second kappa shape index (κ2) is 2.94. The monoisotopic (exact) mass is 200 g/mol. The summed E-state index contributed by atoms with van der Waals surface area (Å²) in [5.74, 6) is 0. The van der Waals surface area contributed by atoms with E-state index in [1.165, 1.54) is 11.1 Å². The van der Waals surface area contributed by atoms with Gasteiger partial charge in [0.25, 0.3) is 0 Å². The van der Waals surface area contributed by atoms with Crippen molar-refractivity contribution in [3.8, 4) is 11.3 Å². The van der Waals surface area contributed by atoms with Crippen molar-refractivity contribution in [3.63, 3.8) is 0 Å². The summed E-state index contributed by atoms with van der Waals surface area (Å²) in [5, 5.41) is 9.82. The Morgan fingerprint density at radius 3 is 3.00 bits per heavy atom. The number of aromatic nitrogens is 2. The lowest BCUT2D eigenvalue weighted by molar-refractivity contribution is 0.152. The average molecular weight is 200 g/mol. The number of benzene rings is 1. The topological polar surface area (TPSA) is 38.1 Å². The highest BCUT2D eigenvalue weighted by Gasteiger charge is 2.30. The smallest absolute Gasteiger partial charge is 0.0957 e. The Labute approximate surface area is 88.0 Å². The van der Waals surface area contributed by atoms with Crippen molar-refractivity contribution in [1.82, 2.24) is 9.55 Å². The van der Waals surface area contributed by atoms with E-state index in [0.29, 0.717) is 0 Å². The molecule has 0 spiro atoms. The summed E-state index contributed by atoms with van der Waals surface area (Å²) in [4.78, 5) is 4.13. The van der Waals surface area contributed by atoms with Crippen molar-refractivity contribution in [3.05, 3.63) is 42.4 Å². The number of imidazole rings is 1. The van der Waals surface area contributed by atoms with Crippen LogP contribution in [0.3, 0.4) is 0 Å². The van der Waals surface area contributed by atoms with E-state index in [-0.39, 0.29) is 6.04 Å². The summed E-state index contributed by atoms with van der Waals surface area (Å²) in [6, 6.07) is 8.18. The van der Waals surface area contributed by atoms with Crippen LogP contribution < -0.4 is 0 Å². The minimum atomic E-state index is -0.401. The first-order valence-electron chi connectivity index (χ1n) is 5.08. The third-order valence-corrected chi connectivity index (χ3v) is 2.98. The SMILES string of the molecule is C[C@@H](O)[C@H]1c2ccccc2-c2cncn21. The van der Waals surface area contributed by atoms with Crippen molar-refractivity contribution in [1.29, 1.82) is 0 Å². The van der Waals surface area contributed by atoms with Gasteiger partial charge in [-0.1, -0.05) is 24.3 Å². The fourth-order valence-corrected chi connectivity index (χ4v) is 2.37. The van der Waals surface area contributed by atoms with Crippen LogP contribution in [0.15, 0.2) is 36.8 Å². The maximum atomic E-state index is 9.82. The summed E-state index contributed by atoms with van der Waals surface area (Å²) in [6.45, 7) is 1.82. The van der Waals surface area contributed by atoms with Gasteiger partial charge < -0.3 is 9.67 Å². The summed E-state index contributed by atoms with van der Waals surface area (Å²) < 4.78 is 2.04. The largest absolute Gasteiger partial charge is 0.391 e. The van der Waals surface area contributed by atoms with Crippen LogP contribution >= 0.6 is 0 Å². The fourth-order valence-electron chi connectivity index (χ4n) is 2.37. The normalized spacial score (nSPS) is 19.7. The standard InChI is InChI=1S/C12H12N2O/c1-8(15)12-10-5-3-2-4-9(10)11-6-13-7-14(11)12/h2-8,12,15H,1H3/t8-,12+/m1/s1. The summed E-state index contributed by atoms with van der Waals surface area (Å²) >= 11 is 0. The van der Waals surface area contributed by atoms with Crippen LogP contribution in [0.5, 0.6) is 0 Å². The van der Waals surface area contributed by atoms with E-state index in [1.54, 1.807) is 6.33 Å². The van der Waals surface area contributed by atoms with Crippen molar-refractivity contribution in [2.24, 2.45) is 0 Å². The van der Waals surface area contributed by atoms with Gasteiger partial charge in [-0.15, -0.1) is 0 Å².